The maximum absolute atomic E-state index is 11.3. The maximum atomic E-state index is 11.3. The molecule has 1 saturated carbocycles. The highest BCUT2D eigenvalue weighted by Gasteiger charge is 2.53. The van der Waals surface area contributed by atoms with Gasteiger partial charge in [0.1, 0.15) is 5.75 Å². The molecule has 5 nitrogen and oxygen atoms in total. The molecule has 1 aliphatic rings. The van der Waals surface area contributed by atoms with Crippen LogP contribution < -0.4 is 0 Å². The maximum Gasteiger partial charge on any atom is 0.314 e. The lowest BCUT2D eigenvalue weighted by molar-refractivity contribution is -0.140. The zero-order valence-electron chi connectivity index (χ0n) is 9.17. The highest BCUT2D eigenvalue weighted by molar-refractivity contribution is 7.90. The molecule has 0 atom stereocenters. The SMILES string of the molecule is CS(=O)(=O)c1ccc(C2(C(=O)O)CC2)c(O)c1. The van der Waals surface area contributed by atoms with Gasteiger partial charge in [-0.1, -0.05) is 6.07 Å². The lowest BCUT2D eigenvalue weighted by Crippen LogP contribution is -2.19. The number of carboxylic acids is 1. The molecule has 92 valence electrons. The van der Waals surface area contributed by atoms with Gasteiger partial charge in [-0.25, -0.2) is 8.42 Å². The summed E-state index contributed by atoms with van der Waals surface area (Å²) in [6, 6.07) is 3.81. The van der Waals surface area contributed by atoms with Crippen LogP contribution in [0, 0.1) is 0 Å². The van der Waals surface area contributed by atoms with Crippen LogP contribution in [-0.4, -0.2) is 30.9 Å². The van der Waals surface area contributed by atoms with E-state index in [-0.39, 0.29) is 16.2 Å². The second-order valence-corrected chi connectivity index (χ2v) is 6.35. The number of aromatic hydroxyl groups is 1. The summed E-state index contributed by atoms with van der Waals surface area (Å²) in [5.74, 6) is -1.26. The van der Waals surface area contributed by atoms with Crippen molar-refractivity contribution in [2.75, 3.05) is 6.26 Å². The predicted molar refractivity (Wildman–Crippen MR) is 59.8 cm³/mol. The monoisotopic (exact) mass is 256 g/mol. The first kappa shape index (κ1) is 11.9. The minimum Gasteiger partial charge on any atom is -0.508 e. The van der Waals surface area contributed by atoms with Crippen LogP contribution >= 0.6 is 0 Å². The standard InChI is InChI=1S/C11H12O5S/c1-17(15,16)7-2-3-8(9(12)6-7)11(4-5-11)10(13)14/h2-3,6,12H,4-5H2,1H3,(H,13,14). The van der Waals surface area contributed by atoms with Crippen molar-refractivity contribution in [1.82, 2.24) is 0 Å². The Kier molecular flexibility index (Phi) is 2.43. The summed E-state index contributed by atoms with van der Waals surface area (Å²) in [7, 11) is -3.39. The highest BCUT2D eigenvalue weighted by Crippen LogP contribution is 2.51. The fourth-order valence-electron chi connectivity index (χ4n) is 1.87. The zero-order chi connectivity index (χ0) is 12.8. The lowest BCUT2D eigenvalue weighted by atomic mass is 9.95. The van der Waals surface area contributed by atoms with Crippen molar-refractivity contribution in [1.29, 1.82) is 0 Å². The summed E-state index contributed by atoms with van der Waals surface area (Å²) < 4.78 is 22.5. The fourth-order valence-corrected chi connectivity index (χ4v) is 2.51. The van der Waals surface area contributed by atoms with Gasteiger partial charge >= 0.3 is 5.97 Å². The van der Waals surface area contributed by atoms with Crippen molar-refractivity contribution in [3.05, 3.63) is 23.8 Å². The van der Waals surface area contributed by atoms with E-state index in [0.717, 1.165) is 12.3 Å². The topological polar surface area (TPSA) is 91.7 Å². The molecule has 0 spiro atoms. The zero-order valence-corrected chi connectivity index (χ0v) is 9.99. The van der Waals surface area contributed by atoms with Crippen molar-refractivity contribution in [3.63, 3.8) is 0 Å². The lowest BCUT2D eigenvalue weighted by Gasteiger charge is -2.12. The molecule has 0 heterocycles. The summed E-state index contributed by atoms with van der Waals surface area (Å²) in [6.45, 7) is 0. The average Bonchev–Trinajstić information content (AvgIpc) is 2.96. The minimum atomic E-state index is -3.39. The number of phenolic OH excluding ortho intramolecular Hbond substituents is 1. The summed E-state index contributed by atoms with van der Waals surface area (Å²) in [4.78, 5) is 11.1. The van der Waals surface area contributed by atoms with E-state index in [0.29, 0.717) is 12.8 Å². The third kappa shape index (κ3) is 1.88. The van der Waals surface area contributed by atoms with Crippen LogP contribution in [0.2, 0.25) is 0 Å². The second kappa shape index (κ2) is 3.46. The number of hydrogen-bond donors (Lipinski definition) is 2. The third-order valence-electron chi connectivity index (χ3n) is 3.07. The molecular formula is C11H12O5S. The average molecular weight is 256 g/mol. The van der Waals surface area contributed by atoms with Crippen LogP contribution in [0.3, 0.4) is 0 Å². The van der Waals surface area contributed by atoms with E-state index in [1.807, 2.05) is 0 Å². The predicted octanol–water partition coefficient (Wildman–Crippen LogP) is 0.912. The van der Waals surface area contributed by atoms with Crippen LogP contribution in [0.4, 0.5) is 0 Å². The molecule has 0 aromatic heterocycles. The quantitative estimate of drug-likeness (QED) is 0.838. The molecule has 0 bridgehead atoms. The van der Waals surface area contributed by atoms with E-state index in [1.165, 1.54) is 12.1 Å². The number of benzene rings is 1. The first-order chi connectivity index (χ1) is 7.77. The van der Waals surface area contributed by atoms with Gasteiger partial charge in [0, 0.05) is 11.8 Å². The van der Waals surface area contributed by atoms with Crippen molar-refractivity contribution in [2.45, 2.75) is 23.2 Å². The Bertz CT molecular complexity index is 584. The molecule has 0 radical (unpaired) electrons. The summed E-state index contributed by atoms with van der Waals surface area (Å²) >= 11 is 0. The molecule has 0 unspecified atom stereocenters. The third-order valence-corrected chi connectivity index (χ3v) is 4.18. The van der Waals surface area contributed by atoms with Crippen LogP contribution in [0.5, 0.6) is 5.75 Å². The number of aliphatic carboxylic acids is 1. The van der Waals surface area contributed by atoms with E-state index in [1.54, 1.807) is 0 Å². The van der Waals surface area contributed by atoms with Crippen molar-refractivity contribution >= 4 is 15.8 Å². The molecular weight excluding hydrogens is 244 g/mol. The molecule has 1 aromatic carbocycles. The number of rotatable bonds is 3. The largest absolute Gasteiger partial charge is 0.508 e. The normalized spacial score (nSPS) is 17.7. The van der Waals surface area contributed by atoms with Gasteiger partial charge in [-0.2, -0.15) is 0 Å². The van der Waals surface area contributed by atoms with Crippen molar-refractivity contribution < 1.29 is 23.4 Å². The van der Waals surface area contributed by atoms with Gasteiger partial charge in [0.15, 0.2) is 9.84 Å². The molecule has 1 aliphatic carbocycles. The molecule has 17 heavy (non-hydrogen) atoms. The van der Waals surface area contributed by atoms with Gasteiger partial charge in [0.2, 0.25) is 0 Å². The van der Waals surface area contributed by atoms with Gasteiger partial charge in [0.25, 0.3) is 0 Å². The van der Waals surface area contributed by atoms with E-state index in [2.05, 4.69) is 0 Å². The number of sulfone groups is 1. The number of phenols is 1. The van der Waals surface area contributed by atoms with Crippen LogP contribution in [0.15, 0.2) is 23.1 Å². The van der Waals surface area contributed by atoms with Gasteiger partial charge < -0.3 is 10.2 Å². The summed E-state index contributed by atoms with van der Waals surface area (Å²) in [5.41, 5.74) is -0.738. The second-order valence-electron chi connectivity index (χ2n) is 4.34. The number of carboxylic acid groups (broad SMARTS) is 1. The first-order valence-electron chi connectivity index (χ1n) is 5.04. The Morgan fingerprint density at radius 1 is 1.35 bits per heavy atom. The Balaban J connectivity index is 2.51. The van der Waals surface area contributed by atoms with Crippen LogP contribution in [-0.2, 0) is 20.0 Å². The van der Waals surface area contributed by atoms with Gasteiger partial charge in [0.05, 0.1) is 10.3 Å². The molecule has 2 rings (SSSR count). The van der Waals surface area contributed by atoms with Crippen LogP contribution in [0.1, 0.15) is 18.4 Å². The van der Waals surface area contributed by atoms with Crippen molar-refractivity contribution in [2.24, 2.45) is 0 Å². The molecule has 6 heteroatoms. The van der Waals surface area contributed by atoms with E-state index in [9.17, 15) is 18.3 Å². The molecule has 0 saturated heterocycles. The van der Waals surface area contributed by atoms with Crippen molar-refractivity contribution in [3.8, 4) is 5.75 Å². The Hall–Kier alpha value is -1.56. The highest BCUT2D eigenvalue weighted by atomic mass is 32.2. The number of hydrogen-bond acceptors (Lipinski definition) is 4. The summed E-state index contributed by atoms with van der Waals surface area (Å²) in [5, 5.41) is 18.8. The smallest absolute Gasteiger partial charge is 0.314 e. The molecule has 1 fully saturated rings. The Morgan fingerprint density at radius 3 is 2.29 bits per heavy atom. The molecule has 0 aliphatic heterocycles. The number of carbonyl (C=O) groups is 1. The van der Waals surface area contributed by atoms with Crippen LogP contribution in [0.25, 0.3) is 0 Å². The molecule has 2 N–H and O–H groups in total. The van der Waals surface area contributed by atoms with Gasteiger partial charge in [-0.05, 0) is 25.0 Å². The molecule has 1 aromatic rings. The van der Waals surface area contributed by atoms with E-state index >= 15 is 0 Å². The fraction of sp³-hybridized carbons (Fsp3) is 0.364. The Labute approximate surface area is 98.6 Å². The summed E-state index contributed by atoms with van der Waals surface area (Å²) in [6.07, 6.45) is 1.97. The minimum absolute atomic E-state index is 0.0139. The van der Waals surface area contributed by atoms with Gasteiger partial charge in [-0.3, -0.25) is 4.79 Å². The van der Waals surface area contributed by atoms with E-state index in [4.69, 9.17) is 5.11 Å². The van der Waals surface area contributed by atoms with Gasteiger partial charge in [-0.15, -0.1) is 0 Å². The first-order valence-corrected chi connectivity index (χ1v) is 6.93. The molecule has 0 amide bonds. The Morgan fingerprint density at radius 2 is 1.94 bits per heavy atom. The van der Waals surface area contributed by atoms with E-state index < -0.39 is 21.2 Å².